The SMILES string of the molecule is N#C/C(=C/c1ccc(OCc2ccc(Br)cc2)cc1)c1ccc(Cl)c(Cl)c1. The Morgan fingerprint density at radius 1 is 0.963 bits per heavy atom. The third-order valence-electron chi connectivity index (χ3n) is 3.86. The van der Waals surface area contributed by atoms with Crippen LogP contribution in [0.4, 0.5) is 0 Å². The third-order valence-corrected chi connectivity index (χ3v) is 5.13. The van der Waals surface area contributed by atoms with Crippen molar-refractivity contribution in [1.29, 1.82) is 5.26 Å². The highest BCUT2D eigenvalue weighted by Crippen LogP contribution is 2.27. The van der Waals surface area contributed by atoms with Gasteiger partial charge < -0.3 is 4.74 Å². The molecule has 5 heteroatoms. The predicted octanol–water partition coefficient (Wildman–Crippen LogP) is 7.40. The molecule has 0 spiro atoms. The summed E-state index contributed by atoms with van der Waals surface area (Å²) >= 11 is 15.4. The summed E-state index contributed by atoms with van der Waals surface area (Å²) in [6.45, 7) is 0.495. The van der Waals surface area contributed by atoms with Crippen LogP contribution in [0.25, 0.3) is 11.6 Å². The molecule has 0 aliphatic heterocycles. The molecule has 0 aliphatic rings. The second kappa shape index (κ2) is 9.10. The smallest absolute Gasteiger partial charge is 0.119 e. The predicted molar refractivity (Wildman–Crippen MR) is 115 cm³/mol. The zero-order valence-electron chi connectivity index (χ0n) is 14.1. The Labute approximate surface area is 176 Å². The van der Waals surface area contributed by atoms with Gasteiger partial charge in [-0.1, -0.05) is 69.5 Å². The molecule has 0 unspecified atom stereocenters. The first-order chi connectivity index (χ1) is 13.0. The van der Waals surface area contributed by atoms with E-state index in [1.54, 1.807) is 24.3 Å². The van der Waals surface area contributed by atoms with Crippen LogP contribution in [0.1, 0.15) is 16.7 Å². The van der Waals surface area contributed by atoms with Crippen molar-refractivity contribution in [3.63, 3.8) is 0 Å². The van der Waals surface area contributed by atoms with E-state index in [9.17, 15) is 5.26 Å². The van der Waals surface area contributed by atoms with Crippen molar-refractivity contribution in [3.05, 3.63) is 97.9 Å². The number of rotatable bonds is 5. The van der Waals surface area contributed by atoms with E-state index in [2.05, 4.69) is 22.0 Å². The molecule has 0 amide bonds. The molecule has 0 aromatic heterocycles. The number of hydrogen-bond acceptors (Lipinski definition) is 2. The molecular weight excluding hydrogens is 445 g/mol. The number of allylic oxidation sites excluding steroid dienone is 1. The number of halogens is 3. The van der Waals surface area contributed by atoms with Gasteiger partial charge in [-0.25, -0.2) is 0 Å². The molecule has 0 saturated heterocycles. The Morgan fingerprint density at radius 3 is 2.30 bits per heavy atom. The van der Waals surface area contributed by atoms with E-state index >= 15 is 0 Å². The van der Waals surface area contributed by atoms with Crippen molar-refractivity contribution in [2.24, 2.45) is 0 Å². The summed E-state index contributed by atoms with van der Waals surface area (Å²) in [6, 6.07) is 22.9. The van der Waals surface area contributed by atoms with Gasteiger partial charge in [-0.2, -0.15) is 5.26 Å². The Morgan fingerprint density at radius 2 is 1.67 bits per heavy atom. The van der Waals surface area contributed by atoms with Gasteiger partial charge in [-0.15, -0.1) is 0 Å². The van der Waals surface area contributed by atoms with E-state index in [0.717, 1.165) is 26.9 Å². The fourth-order valence-electron chi connectivity index (χ4n) is 2.42. The van der Waals surface area contributed by atoms with E-state index in [1.165, 1.54) is 0 Å². The van der Waals surface area contributed by atoms with E-state index in [0.29, 0.717) is 22.2 Å². The van der Waals surface area contributed by atoms with Crippen LogP contribution >= 0.6 is 39.1 Å². The molecule has 0 aliphatic carbocycles. The monoisotopic (exact) mass is 457 g/mol. The highest BCUT2D eigenvalue weighted by molar-refractivity contribution is 9.10. The maximum atomic E-state index is 9.46. The molecule has 0 radical (unpaired) electrons. The first-order valence-electron chi connectivity index (χ1n) is 8.10. The largest absolute Gasteiger partial charge is 0.489 e. The summed E-state index contributed by atoms with van der Waals surface area (Å²) in [5.41, 5.74) is 3.22. The molecule has 3 rings (SSSR count). The molecule has 0 N–H and O–H groups in total. The number of nitrogens with zero attached hydrogens (tertiary/aromatic N) is 1. The van der Waals surface area contributed by atoms with E-state index in [4.69, 9.17) is 27.9 Å². The van der Waals surface area contributed by atoms with Crippen LogP contribution < -0.4 is 4.74 Å². The molecule has 3 aromatic rings. The lowest BCUT2D eigenvalue weighted by Gasteiger charge is -2.07. The number of ether oxygens (including phenoxy) is 1. The summed E-state index contributed by atoms with van der Waals surface area (Å²) in [5, 5.41) is 10.3. The first kappa shape index (κ1) is 19.5. The Bertz CT molecular complexity index is 1010. The lowest BCUT2D eigenvalue weighted by molar-refractivity contribution is 0.306. The van der Waals surface area contributed by atoms with Crippen molar-refractivity contribution < 1.29 is 4.74 Å². The summed E-state index contributed by atoms with van der Waals surface area (Å²) < 4.78 is 6.84. The van der Waals surface area contributed by atoms with Gasteiger partial charge in [0.05, 0.1) is 21.7 Å². The number of hydrogen-bond donors (Lipinski definition) is 0. The maximum absolute atomic E-state index is 9.46. The molecule has 27 heavy (non-hydrogen) atoms. The number of benzene rings is 3. The Hall–Kier alpha value is -2.25. The maximum Gasteiger partial charge on any atom is 0.119 e. The fraction of sp³-hybridized carbons (Fsp3) is 0.0455. The van der Waals surface area contributed by atoms with Gasteiger partial charge in [0.15, 0.2) is 0 Å². The molecule has 0 fully saturated rings. The van der Waals surface area contributed by atoms with Gasteiger partial charge in [0.2, 0.25) is 0 Å². The summed E-state index contributed by atoms with van der Waals surface area (Å²) in [7, 11) is 0. The Balaban J connectivity index is 1.71. The number of nitriles is 1. The van der Waals surface area contributed by atoms with Crippen LogP contribution in [-0.2, 0) is 6.61 Å². The minimum Gasteiger partial charge on any atom is -0.489 e. The Kier molecular flexibility index (Phi) is 6.58. The molecule has 0 atom stereocenters. The first-order valence-corrected chi connectivity index (χ1v) is 9.64. The van der Waals surface area contributed by atoms with Gasteiger partial charge in [-0.05, 0) is 59.2 Å². The minimum atomic E-state index is 0.423. The van der Waals surface area contributed by atoms with E-state index < -0.39 is 0 Å². The summed E-state index contributed by atoms with van der Waals surface area (Å²) in [4.78, 5) is 0. The molecule has 0 bridgehead atoms. The molecule has 3 aromatic carbocycles. The van der Waals surface area contributed by atoms with Gasteiger partial charge in [0.25, 0.3) is 0 Å². The molecule has 0 saturated carbocycles. The summed E-state index contributed by atoms with van der Waals surface area (Å²) in [5.74, 6) is 0.767. The lowest BCUT2D eigenvalue weighted by atomic mass is 10.0. The normalized spacial score (nSPS) is 11.1. The molecule has 134 valence electrons. The van der Waals surface area contributed by atoms with Crippen molar-refractivity contribution in [3.8, 4) is 11.8 Å². The van der Waals surface area contributed by atoms with Gasteiger partial charge in [0.1, 0.15) is 12.4 Å². The molecule has 0 heterocycles. The van der Waals surface area contributed by atoms with Crippen LogP contribution in [0, 0.1) is 11.3 Å². The second-order valence-electron chi connectivity index (χ2n) is 5.78. The van der Waals surface area contributed by atoms with Crippen LogP contribution in [0.3, 0.4) is 0 Å². The average Bonchev–Trinajstić information content (AvgIpc) is 2.69. The van der Waals surface area contributed by atoms with E-state index in [1.807, 2.05) is 48.5 Å². The lowest BCUT2D eigenvalue weighted by Crippen LogP contribution is -1.94. The van der Waals surface area contributed by atoms with Gasteiger partial charge in [-0.3, -0.25) is 0 Å². The van der Waals surface area contributed by atoms with Crippen LogP contribution in [0.5, 0.6) is 5.75 Å². The van der Waals surface area contributed by atoms with Crippen molar-refractivity contribution in [2.75, 3.05) is 0 Å². The topological polar surface area (TPSA) is 33.0 Å². The van der Waals surface area contributed by atoms with Crippen LogP contribution in [-0.4, -0.2) is 0 Å². The van der Waals surface area contributed by atoms with Crippen molar-refractivity contribution >= 4 is 50.8 Å². The minimum absolute atomic E-state index is 0.423. The van der Waals surface area contributed by atoms with E-state index in [-0.39, 0.29) is 0 Å². The fourth-order valence-corrected chi connectivity index (χ4v) is 2.98. The van der Waals surface area contributed by atoms with Crippen molar-refractivity contribution in [1.82, 2.24) is 0 Å². The van der Waals surface area contributed by atoms with Crippen LogP contribution in [0.2, 0.25) is 10.0 Å². The zero-order chi connectivity index (χ0) is 19.2. The highest BCUT2D eigenvalue weighted by atomic mass is 79.9. The molecule has 2 nitrogen and oxygen atoms in total. The average molecular weight is 459 g/mol. The quantitative estimate of drug-likeness (QED) is 0.294. The van der Waals surface area contributed by atoms with Gasteiger partial charge in [0, 0.05) is 4.47 Å². The standard InChI is InChI=1S/C22H14BrCl2NO/c23-19-6-1-16(2-7-19)14-27-20-8-3-15(4-9-20)11-18(13-26)17-5-10-21(24)22(25)12-17/h1-12H,14H2/b18-11-. The second-order valence-corrected chi connectivity index (χ2v) is 7.51. The van der Waals surface area contributed by atoms with Gasteiger partial charge >= 0.3 is 0 Å². The zero-order valence-corrected chi connectivity index (χ0v) is 17.2. The molecular formula is C22H14BrCl2NO. The van der Waals surface area contributed by atoms with Crippen LogP contribution in [0.15, 0.2) is 71.2 Å². The summed E-state index contributed by atoms with van der Waals surface area (Å²) in [6.07, 6.45) is 1.80. The van der Waals surface area contributed by atoms with Crippen molar-refractivity contribution in [2.45, 2.75) is 6.61 Å². The third kappa shape index (κ3) is 5.37. The highest BCUT2D eigenvalue weighted by Gasteiger charge is 2.05.